The van der Waals surface area contributed by atoms with E-state index in [4.69, 9.17) is 4.74 Å². The van der Waals surface area contributed by atoms with E-state index in [2.05, 4.69) is 12.2 Å². The van der Waals surface area contributed by atoms with Gasteiger partial charge in [-0.05, 0) is 38.5 Å². The topological polar surface area (TPSA) is 41.6 Å². The Kier molecular flexibility index (Phi) is 4.74. The van der Waals surface area contributed by atoms with Gasteiger partial charge in [-0.15, -0.1) is 0 Å². The van der Waals surface area contributed by atoms with Crippen molar-refractivity contribution in [3.63, 3.8) is 0 Å². The van der Waals surface area contributed by atoms with Crippen LogP contribution >= 0.6 is 0 Å². The fraction of sp³-hybridized carbons (Fsp3) is 0.350. The molecule has 0 aromatic heterocycles. The van der Waals surface area contributed by atoms with E-state index in [1.54, 1.807) is 0 Å². The molecule has 1 aliphatic rings. The highest BCUT2D eigenvalue weighted by atomic mass is 16.5. The number of hydrogen-bond acceptors (Lipinski definition) is 3. The predicted molar refractivity (Wildman–Crippen MR) is 96.3 cm³/mol. The van der Waals surface area contributed by atoms with Gasteiger partial charge in [0.2, 0.25) is 0 Å². The number of para-hydroxylation sites is 2. The first-order valence-corrected chi connectivity index (χ1v) is 8.53. The minimum absolute atomic E-state index is 0.0506. The van der Waals surface area contributed by atoms with Crippen molar-refractivity contribution in [2.24, 2.45) is 0 Å². The lowest BCUT2D eigenvalue weighted by Crippen LogP contribution is -2.46. The summed E-state index contributed by atoms with van der Waals surface area (Å²) in [6.07, 6.45) is 0.711. The number of rotatable bonds is 5. The summed E-state index contributed by atoms with van der Waals surface area (Å²) in [6, 6.07) is 15.7. The van der Waals surface area contributed by atoms with Crippen LogP contribution < -0.4 is 10.1 Å². The van der Waals surface area contributed by atoms with E-state index < -0.39 is 0 Å². The highest BCUT2D eigenvalue weighted by Crippen LogP contribution is 2.37. The lowest BCUT2D eigenvalue weighted by atomic mass is 10.0. The number of benzene rings is 2. The summed E-state index contributed by atoms with van der Waals surface area (Å²) in [5, 5.41) is 3.52. The predicted octanol–water partition coefficient (Wildman–Crippen LogP) is 4.45. The lowest BCUT2D eigenvalue weighted by molar-refractivity contribution is 0.0614. The van der Waals surface area contributed by atoms with Crippen LogP contribution in [0.15, 0.2) is 48.5 Å². The first-order chi connectivity index (χ1) is 11.6. The number of anilines is 1. The summed E-state index contributed by atoms with van der Waals surface area (Å²) in [4.78, 5) is 14.9. The molecular weight excluding hydrogens is 300 g/mol. The number of ether oxygens (including phenoxy) is 1. The van der Waals surface area contributed by atoms with Crippen LogP contribution in [0.5, 0.6) is 5.75 Å². The second-order valence-electron chi connectivity index (χ2n) is 6.28. The number of amides is 1. The molecule has 2 aromatic rings. The third kappa shape index (κ3) is 2.96. The van der Waals surface area contributed by atoms with Gasteiger partial charge in [-0.2, -0.15) is 0 Å². The third-order valence-corrected chi connectivity index (χ3v) is 4.19. The van der Waals surface area contributed by atoms with Gasteiger partial charge in [0.05, 0.1) is 12.2 Å². The largest absolute Gasteiger partial charge is 0.493 e. The van der Waals surface area contributed by atoms with Gasteiger partial charge in [0, 0.05) is 17.3 Å². The molecular formula is C20H24N2O2. The quantitative estimate of drug-likeness (QED) is 0.883. The molecule has 1 aliphatic heterocycles. The molecule has 1 heterocycles. The summed E-state index contributed by atoms with van der Waals surface area (Å²) >= 11 is 0. The van der Waals surface area contributed by atoms with Crippen molar-refractivity contribution in [1.82, 2.24) is 4.90 Å². The molecule has 0 spiro atoms. The first-order valence-electron chi connectivity index (χ1n) is 8.53. The molecule has 1 unspecified atom stereocenters. The van der Waals surface area contributed by atoms with Gasteiger partial charge < -0.3 is 15.0 Å². The minimum Gasteiger partial charge on any atom is -0.493 e. The molecule has 0 aliphatic carbocycles. The number of nitrogens with zero attached hydrogens (tertiary/aromatic N) is 1. The molecule has 4 nitrogen and oxygen atoms in total. The van der Waals surface area contributed by atoms with Crippen molar-refractivity contribution in [3.8, 4) is 5.75 Å². The third-order valence-electron chi connectivity index (χ3n) is 4.19. The summed E-state index contributed by atoms with van der Waals surface area (Å²) in [6.45, 7) is 6.82. The summed E-state index contributed by atoms with van der Waals surface area (Å²) < 4.78 is 5.91. The summed E-state index contributed by atoms with van der Waals surface area (Å²) in [7, 11) is 0. The van der Waals surface area contributed by atoms with Crippen LogP contribution in [0.1, 0.15) is 49.3 Å². The Bertz CT molecular complexity index is 727. The van der Waals surface area contributed by atoms with Crippen molar-refractivity contribution in [3.05, 3.63) is 59.7 Å². The Morgan fingerprint density at radius 2 is 1.83 bits per heavy atom. The van der Waals surface area contributed by atoms with E-state index in [1.165, 1.54) is 0 Å². The first kappa shape index (κ1) is 16.4. The molecule has 0 saturated carbocycles. The highest BCUT2D eigenvalue weighted by molar-refractivity contribution is 6.01. The number of carbonyl (C=O) groups is 1. The van der Waals surface area contributed by atoms with Crippen LogP contribution in [-0.2, 0) is 0 Å². The lowest BCUT2D eigenvalue weighted by Gasteiger charge is -2.41. The van der Waals surface area contributed by atoms with Gasteiger partial charge in [0.1, 0.15) is 11.9 Å². The van der Waals surface area contributed by atoms with Crippen molar-refractivity contribution < 1.29 is 9.53 Å². The number of fused-ring (bicyclic) bond motifs is 1. The van der Waals surface area contributed by atoms with E-state index in [-0.39, 0.29) is 18.1 Å². The molecule has 1 N–H and O–H groups in total. The standard InChI is InChI=1S/C20H24N2O2/c1-4-13-24-18-12-8-6-10-16(18)19-21-17-11-7-5-9-15(17)20(23)22(19)14(2)3/h5-12,14,19,21H,4,13H2,1-3H3. The second-order valence-corrected chi connectivity index (χ2v) is 6.28. The van der Waals surface area contributed by atoms with E-state index in [0.29, 0.717) is 6.61 Å². The zero-order valence-electron chi connectivity index (χ0n) is 14.5. The van der Waals surface area contributed by atoms with Crippen LogP contribution in [0.3, 0.4) is 0 Å². The Hall–Kier alpha value is -2.49. The fourth-order valence-corrected chi connectivity index (χ4v) is 3.08. The Morgan fingerprint density at radius 1 is 1.12 bits per heavy atom. The van der Waals surface area contributed by atoms with E-state index in [1.807, 2.05) is 67.3 Å². The van der Waals surface area contributed by atoms with Crippen LogP contribution in [0.4, 0.5) is 5.69 Å². The van der Waals surface area contributed by atoms with E-state index >= 15 is 0 Å². The molecule has 24 heavy (non-hydrogen) atoms. The molecule has 0 radical (unpaired) electrons. The van der Waals surface area contributed by atoms with Crippen molar-refractivity contribution in [1.29, 1.82) is 0 Å². The minimum atomic E-state index is -0.236. The zero-order valence-corrected chi connectivity index (χ0v) is 14.5. The van der Waals surface area contributed by atoms with Crippen LogP contribution in [0.25, 0.3) is 0 Å². The maximum absolute atomic E-state index is 13.0. The number of nitrogens with one attached hydrogen (secondary N) is 1. The van der Waals surface area contributed by atoms with Crippen molar-refractivity contribution in [2.75, 3.05) is 11.9 Å². The Labute approximate surface area is 143 Å². The number of carbonyl (C=O) groups excluding carboxylic acids is 1. The van der Waals surface area contributed by atoms with Crippen molar-refractivity contribution in [2.45, 2.75) is 39.4 Å². The molecule has 1 atom stereocenters. The van der Waals surface area contributed by atoms with Crippen LogP contribution in [-0.4, -0.2) is 23.5 Å². The van der Waals surface area contributed by atoms with Gasteiger partial charge in [-0.3, -0.25) is 4.79 Å². The van der Waals surface area contributed by atoms with Gasteiger partial charge in [-0.1, -0.05) is 37.3 Å². The van der Waals surface area contributed by atoms with Crippen LogP contribution in [0.2, 0.25) is 0 Å². The molecule has 4 heteroatoms. The second kappa shape index (κ2) is 6.95. The van der Waals surface area contributed by atoms with Crippen LogP contribution in [0, 0.1) is 0 Å². The normalized spacial score (nSPS) is 16.8. The maximum Gasteiger partial charge on any atom is 0.258 e. The summed E-state index contributed by atoms with van der Waals surface area (Å²) in [5.41, 5.74) is 2.58. The molecule has 2 aromatic carbocycles. The molecule has 3 rings (SSSR count). The maximum atomic E-state index is 13.0. The van der Waals surface area contributed by atoms with Gasteiger partial charge in [0.15, 0.2) is 0 Å². The molecule has 0 saturated heterocycles. The Morgan fingerprint density at radius 3 is 2.58 bits per heavy atom. The van der Waals surface area contributed by atoms with E-state index in [0.717, 1.165) is 29.0 Å². The molecule has 126 valence electrons. The smallest absolute Gasteiger partial charge is 0.258 e. The molecule has 1 amide bonds. The van der Waals surface area contributed by atoms with E-state index in [9.17, 15) is 4.79 Å². The monoisotopic (exact) mass is 324 g/mol. The zero-order chi connectivity index (χ0) is 17.1. The van der Waals surface area contributed by atoms with Crippen molar-refractivity contribution >= 4 is 11.6 Å². The highest BCUT2D eigenvalue weighted by Gasteiger charge is 2.35. The van der Waals surface area contributed by atoms with Gasteiger partial charge in [-0.25, -0.2) is 0 Å². The average Bonchev–Trinajstić information content (AvgIpc) is 2.59. The van der Waals surface area contributed by atoms with Gasteiger partial charge >= 0.3 is 0 Å². The molecule has 0 bridgehead atoms. The molecule has 0 fully saturated rings. The number of hydrogen-bond donors (Lipinski definition) is 1. The fourth-order valence-electron chi connectivity index (χ4n) is 3.08. The van der Waals surface area contributed by atoms with Gasteiger partial charge in [0.25, 0.3) is 5.91 Å². The SMILES string of the molecule is CCCOc1ccccc1C1Nc2ccccc2C(=O)N1C(C)C. The summed E-state index contributed by atoms with van der Waals surface area (Å²) in [5.74, 6) is 0.879. The Balaban J connectivity index is 2.05. The average molecular weight is 324 g/mol.